The molecule has 18 heavy (non-hydrogen) atoms. The van der Waals surface area contributed by atoms with Crippen molar-refractivity contribution in [1.82, 2.24) is 4.90 Å². The Bertz CT molecular complexity index is 392. The average Bonchev–Trinajstić information content (AvgIpc) is 2.30. The molecular formula is C14H21NO3. The Hall–Kier alpha value is -1.55. The van der Waals surface area contributed by atoms with Gasteiger partial charge in [0.1, 0.15) is 11.8 Å². The fourth-order valence-corrected chi connectivity index (χ4v) is 1.97. The molecular weight excluding hydrogens is 230 g/mol. The first-order chi connectivity index (χ1) is 8.58. The number of rotatable bonds is 7. The molecule has 0 spiro atoms. The quantitative estimate of drug-likeness (QED) is 0.808. The van der Waals surface area contributed by atoms with Crippen LogP contribution in [0.1, 0.15) is 25.8 Å². The molecule has 1 N–H and O–H groups in total. The van der Waals surface area contributed by atoms with E-state index < -0.39 is 12.0 Å². The summed E-state index contributed by atoms with van der Waals surface area (Å²) < 4.78 is 5.43. The minimum Gasteiger partial charge on any atom is -0.494 e. The van der Waals surface area contributed by atoms with Gasteiger partial charge in [-0.3, -0.25) is 9.69 Å². The van der Waals surface area contributed by atoms with E-state index in [1.54, 1.807) is 0 Å². The lowest BCUT2D eigenvalue weighted by Gasteiger charge is -2.23. The number of likely N-dealkylation sites (N-methyl/N-ethyl adjacent to an activating group) is 1. The van der Waals surface area contributed by atoms with Crippen LogP contribution in [-0.2, 0) is 11.3 Å². The Morgan fingerprint density at radius 3 is 2.72 bits per heavy atom. The first kappa shape index (κ1) is 14.5. The summed E-state index contributed by atoms with van der Waals surface area (Å²) in [6.45, 7) is 5.06. The lowest BCUT2D eigenvalue weighted by molar-refractivity contribution is -0.143. The van der Waals surface area contributed by atoms with Gasteiger partial charge in [0.05, 0.1) is 6.61 Å². The standard InChI is InChI=1S/C14H21NO3/c1-4-13(14(16)17)15(3)10-11-7-6-8-12(9-11)18-5-2/h6-9,13H,4-5,10H2,1-3H3,(H,16,17). The number of ether oxygens (including phenoxy) is 1. The largest absolute Gasteiger partial charge is 0.494 e. The van der Waals surface area contributed by atoms with Crippen LogP contribution in [0.4, 0.5) is 0 Å². The van der Waals surface area contributed by atoms with Gasteiger partial charge in [-0.15, -0.1) is 0 Å². The second-order valence-corrected chi connectivity index (χ2v) is 4.26. The molecule has 0 bridgehead atoms. The van der Waals surface area contributed by atoms with Crippen molar-refractivity contribution in [2.75, 3.05) is 13.7 Å². The molecule has 0 saturated heterocycles. The predicted octanol–water partition coefficient (Wildman–Crippen LogP) is 2.38. The molecule has 1 atom stereocenters. The second kappa shape index (κ2) is 7.01. The van der Waals surface area contributed by atoms with Crippen LogP contribution in [0.25, 0.3) is 0 Å². The SMILES string of the molecule is CCOc1cccc(CN(C)C(CC)C(=O)O)c1. The number of aliphatic carboxylic acids is 1. The van der Waals surface area contributed by atoms with Gasteiger partial charge in [0.15, 0.2) is 0 Å². The summed E-state index contributed by atoms with van der Waals surface area (Å²) in [4.78, 5) is 12.9. The monoisotopic (exact) mass is 251 g/mol. The molecule has 0 saturated carbocycles. The van der Waals surface area contributed by atoms with Crippen molar-refractivity contribution in [3.05, 3.63) is 29.8 Å². The van der Waals surface area contributed by atoms with Gasteiger partial charge in [0.25, 0.3) is 0 Å². The van der Waals surface area contributed by atoms with Crippen LogP contribution in [0, 0.1) is 0 Å². The van der Waals surface area contributed by atoms with Gasteiger partial charge in [-0.1, -0.05) is 19.1 Å². The third-order valence-corrected chi connectivity index (χ3v) is 2.85. The summed E-state index contributed by atoms with van der Waals surface area (Å²) in [5, 5.41) is 9.09. The van der Waals surface area contributed by atoms with Crippen LogP contribution in [-0.4, -0.2) is 35.7 Å². The van der Waals surface area contributed by atoms with E-state index in [2.05, 4.69) is 0 Å². The molecule has 1 aromatic rings. The molecule has 4 heteroatoms. The van der Waals surface area contributed by atoms with E-state index in [0.717, 1.165) is 11.3 Å². The number of hydrogen-bond donors (Lipinski definition) is 1. The molecule has 100 valence electrons. The van der Waals surface area contributed by atoms with Crippen molar-refractivity contribution in [3.63, 3.8) is 0 Å². The van der Waals surface area contributed by atoms with E-state index in [1.807, 2.05) is 50.1 Å². The summed E-state index contributed by atoms with van der Waals surface area (Å²) in [7, 11) is 1.83. The van der Waals surface area contributed by atoms with Crippen LogP contribution in [0.5, 0.6) is 5.75 Å². The first-order valence-corrected chi connectivity index (χ1v) is 6.23. The fraction of sp³-hybridized carbons (Fsp3) is 0.500. The molecule has 0 amide bonds. The number of benzene rings is 1. The molecule has 4 nitrogen and oxygen atoms in total. The zero-order chi connectivity index (χ0) is 13.5. The van der Waals surface area contributed by atoms with Crippen LogP contribution in [0.3, 0.4) is 0 Å². The van der Waals surface area contributed by atoms with Crippen LogP contribution in [0.2, 0.25) is 0 Å². The van der Waals surface area contributed by atoms with Crippen LogP contribution < -0.4 is 4.74 Å². The summed E-state index contributed by atoms with van der Waals surface area (Å²) in [5.74, 6) is 0.0488. The molecule has 0 radical (unpaired) electrons. The van der Waals surface area contributed by atoms with Crippen LogP contribution in [0.15, 0.2) is 24.3 Å². The van der Waals surface area contributed by atoms with Gasteiger partial charge in [-0.25, -0.2) is 0 Å². The summed E-state index contributed by atoms with van der Waals surface area (Å²) >= 11 is 0. The van der Waals surface area contributed by atoms with Crippen molar-refractivity contribution >= 4 is 5.97 Å². The summed E-state index contributed by atoms with van der Waals surface area (Å²) in [6, 6.07) is 7.32. The minimum atomic E-state index is -0.777. The highest BCUT2D eigenvalue weighted by molar-refractivity contribution is 5.73. The normalized spacial score (nSPS) is 12.4. The van der Waals surface area contributed by atoms with E-state index in [-0.39, 0.29) is 0 Å². The maximum atomic E-state index is 11.1. The number of carboxylic acids is 1. The van der Waals surface area contributed by atoms with Gasteiger partial charge in [-0.05, 0) is 38.1 Å². The number of carbonyl (C=O) groups is 1. The molecule has 0 aromatic heterocycles. The lowest BCUT2D eigenvalue weighted by Crippen LogP contribution is -2.37. The van der Waals surface area contributed by atoms with E-state index in [9.17, 15) is 4.79 Å². The highest BCUT2D eigenvalue weighted by Crippen LogP contribution is 2.16. The maximum Gasteiger partial charge on any atom is 0.320 e. The Kier molecular flexibility index (Phi) is 5.65. The van der Waals surface area contributed by atoms with Gasteiger partial charge in [-0.2, -0.15) is 0 Å². The van der Waals surface area contributed by atoms with Crippen molar-refractivity contribution in [2.24, 2.45) is 0 Å². The first-order valence-electron chi connectivity index (χ1n) is 6.23. The zero-order valence-electron chi connectivity index (χ0n) is 11.2. The average molecular weight is 251 g/mol. The van der Waals surface area contributed by atoms with E-state index >= 15 is 0 Å². The highest BCUT2D eigenvalue weighted by Gasteiger charge is 2.20. The fourth-order valence-electron chi connectivity index (χ4n) is 1.97. The zero-order valence-corrected chi connectivity index (χ0v) is 11.2. The molecule has 0 aliphatic heterocycles. The molecule has 0 fully saturated rings. The Morgan fingerprint density at radius 1 is 1.44 bits per heavy atom. The van der Waals surface area contributed by atoms with Gasteiger partial charge in [0.2, 0.25) is 0 Å². The minimum absolute atomic E-state index is 0.444. The number of carboxylic acid groups (broad SMARTS) is 1. The van der Waals surface area contributed by atoms with Crippen molar-refractivity contribution in [1.29, 1.82) is 0 Å². The Labute approximate surface area is 108 Å². The molecule has 1 rings (SSSR count). The lowest BCUT2D eigenvalue weighted by atomic mass is 10.1. The summed E-state index contributed by atoms with van der Waals surface area (Å²) in [5.41, 5.74) is 1.06. The molecule has 1 unspecified atom stereocenters. The summed E-state index contributed by atoms with van der Waals surface area (Å²) in [6.07, 6.45) is 0.594. The smallest absolute Gasteiger partial charge is 0.320 e. The van der Waals surface area contributed by atoms with E-state index in [4.69, 9.17) is 9.84 Å². The topological polar surface area (TPSA) is 49.8 Å². The molecule has 0 heterocycles. The van der Waals surface area contributed by atoms with E-state index in [0.29, 0.717) is 19.6 Å². The number of hydrogen-bond acceptors (Lipinski definition) is 3. The highest BCUT2D eigenvalue weighted by atomic mass is 16.5. The predicted molar refractivity (Wildman–Crippen MR) is 70.8 cm³/mol. The molecule has 0 aliphatic carbocycles. The molecule has 1 aromatic carbocycles. The van der Waals surface area contributed by atoms with Crippen LogP contribution >= 0.6 is 0 Å². The van der Waals surface area contributed by atoms with Gasteiger partial charge < -0.3 is 9.84 Å². The third-order valence-electron chi connectivity index (χ3n) is 2.85. The van der Waals surface area contributed by atoms with Crippen molar-refractivity contribution < 1.29 is 14.6 Å². The Morgan fingerprint density at radius 2 is 2.17 bits per heavy atom. The Balaban J connectivity index is 2.71. The van der Waals surface area contributed by atoms with E-state index in [1.165, 1.54) is 0 Å². The van der Waals surface area contributed by atoms with Gasteiger partial charge in [0, 0.05) is 6.54 Å². The third kappa shape index (κ3) is 4.04. The van der Waals surface area contributed by atoms with Crippen molar-refractivity contribution in [2.45, 2.75) is 32.9 Å². The molecule has 0 aliphatic rings. The van der Waals surface area contributed by atoms with Gasteiger partial charge >= 0.3 is 5.97 Å². The number of nitrogens with zero attached hydrogens (tertiary/aromatic N) is 1. The second-order valence-electron chi connectivity index (χ2n) is 4.26. The van der Waals surface area contributed by atoms with Crippen molar-refractivity contribution in [3.8, 4) is 5.75 Å². The maximum absolute atomic E-state index is 11.1.